The Bertz CT molecular complexity index is 965. The fourth-order valence-corrected chi connectivity index (χ4v) is 4.59. The first kappa shape index (κ1) is 18.5. The topological polar surface area (TPSA) is 66.5 Å². The Balaban J connectivity index is 1.87. The van der Waals surface area contributed by atoms with Gasteiger partial charge in [-0.15, -0.1) is 0 Å². The minimum absolute atomic E-state index is 0.0661. The van der Waals surface area contributed by atoms with Crippen molar-refractivity contribution in [3.05, 3.63) is 53.1 Å². The predicted octanol–water partition coefficient (Wildman–Crippen LogP) is 3.65. The van der Waals surface area contributed by atoms with E-state index in [2.05, 4.69) is 4.72 Å². The maximum Gasteiger partial charge on any atom is 0.262 e. The van der Waals surface area contributed by atoms with Crippen LogP contribution in [-0.4, -0.2) is 20.9 Å². The number of hydrogen-bond acceptors (Lipinski definition) is 3. The maximum absolute atomic E-state index is 12.7. The number of nitrogens with zero attached hydrogens (tertiary/aromatic N) is 1. The third-order valence-corrected chi connectivity index (χ3v) is 6.15. The van der Waals surface area contributed by atoms with Gasteiger partial charge >= 0.3 is 0 Å². The molecule has 0 atom stereocenters. The van der Waals surface area contributed by atoms with Crippen LogP contribution in [0.15, 0.2) is 41.3 Å². The van der Waals surface area contributed by atoms with Crippen LogP contribution in [0.4, 0.5) is 11.4 Å². The number of amides is 1. The molecule has 2 aromatic rings. The summed E-state index contributed by atoms with van der Waals surface area (Å²) in [5.41, 5.74) is 4.11. The second-order valence-corrected chi connectivity index (χ2v) is 8.76. The average Bonchev–Trinajstić information content (AvgIpc) is 2.96. The number of hydrogen-bond donors (Lipinski definition) is 1. The van der Waals surface area contributed by atoms with Crippen molar-refractivity contribution in [2.24, 2.45) is 5.92 Å². The lowest BCUT2D eigenvalue weighted by atomic mass is 10.1. The summed E-state index contributed by atoms with van der Waals surface area (Å²) in [6.45, 7) is 8.13. The molecule has 0 fully saturated rings. The molecule has 0 radical (unpaired) electrons. The van der Waals surface area contributed by atoms with Gasteiger partial charge in [0.2, 0.25) is 5.91 Å². The Morgan fingerprint density at radius 2 is 1.85 bits per heavy atom. The molecule has 138 valence electrons. The molecule has 0 bridgehead atoms. The number of sulfonamides is 1. The van der Waals surface area contributed by atoms with Crippen LogP contribution < -0.4 is 9.62 Å². The van der Waals surface area contributed by atoms with Crippen molar-refractivity contribution >= 4 is 27.3 Å². The van der Waals surface area contributed by atoms with Gasteiger partial charge in [0, 0.05) is 23.8 Å². The van der Waals surface area contributed by atoms with Crippen molar-refractivity contribution in [3.8, 4) is 0 Å². The zero-order valence-corrected chi connectivity index (χ0v) is 16.4. The average molecular weight is 372 g/mol. The van der Waals surface area contributed by atoms with Crippen LogP contribution in [0, 0.1) is 19.8 Å². The summed E-state index contributed by atoms with van der Waals surface area (Å²) in [4.78, 5) is 14.3. The van der Waals surface area contributed by atoms with Gasteiger partial charge in [0.25, 0.3) is 10.0 Å². The number of anilines is 2. The third-order valence-electron chi connectivity index (χ3n) is 4.61. The van der Waals surface area contributed by atoms with Crippen LogP contribution in [0.2, 0.25) is 0 Å². The van der Waals surface area contributed by atoms with Gasteiger partial charge in [-0.2, -0.15) is 0 Å². The number of carbonyl (C=O) groups excluding carboxylic acids is 1. The molecule has 1 aliphatic rings. The molecule has 1 amide bonds. The van der Waals surface area contributed by atoms with Crippen molar-refractivity contribution in [2.45, 2.75) is 39.0 Å². The van der Waals surface area contributed by atoms with Crippen LogP contribution in [0.1, 0.15) is 30.5 Å². The van der Waals surface area contributed by atoms with Gasteiger partial charge in [-0.3, -0.25) is 9.52 Å². The van der Waals surface area contributed by atoms with Crippen LogP contribution >= 0.6 is 0 Å². The molecule has 6 heteroatoms. The molecule has 0 aliphatic carbocycles. The smallest absolute Gasteiger partial charge is 0.262 e. The van der Waals surface area contributed by atoms with E-state index in [0.29, 0.717) is 17.8 Å². The Labute approximate surface area is 155 Å². The highest BCUT2D eigenvalue weighted by Crippen LogP contribution is 2.32. The number of benzene rings is 2. The lowest BCUT2D eigenvalue weighted by molar-refractivity contribution is -0.121. The molecule has 1 aliphatic heterocycles. The summed E-state index contributed by atoms with van der Waals surface area (Å²) in [6.07, 6.45) is 0.729. The monoisotopic (exact) mass is 372 g/mol. The van der Waals surface area contributed by atoms with Gasteiger partial charge in [0.05, 0.1) is 4.90 Å². The second kappa shape index (κ2) is 6.76. The van der Waals surface area contributed by atoms with Gasteiger partial charge in [-0.25, -0.2) is 8.42 Å². The molecule has 1 N–H and O–H groups in total. The predicted molar refractivity (Wildman–Crippen MR) is 104 cm³/mol. The normalized spacial score (nSPS) is 13.8. The number of rotatable bonds is 4. The first-order chi connectivity index (χ1) is 12.2. The molecule has 26 heavy (non-hydrogen) atoms. The summed E-state index contributed by atoms with van der Waals surface area (Å²) < 4.78 is 28.1. The first-order valence-corrected chi connectivity index (χ1v) is 10.2. The fraction of sp³-hybridized carbons (Fsp3) is 0.350. The summed E-state index contributed by atoms with van der Waals surface area (Å²) >= 11 is 0. The number of fused-ring (bicyclic) bond motifs is 1. The lowest BCUT2D eigenvalue weighted by Crippen LogP contribution is -2.32. The van der Waals surface area contributed by atoms with E-state index < -0.39 is 10.0 Å². The molecule has 1 heterocycles. The van der Waals surface area contributed by atoms with E-state index in [9.17, 15) is 13.2 Å². The summed E-state index contributed by atoms with van der Waals surface area (Å²) in [5, 5.41) is 0. The Kier molecular flexibility index (Phi) is 4.80. The van der Waals surface area contributed by atoms with E-state index >= 15 is 0 Å². The van der Waals surface area contributed by atoms with Crippen molar-refractivity contribution in [1.82, 2.24) is 0 Å². The van der Waals surface area contributed by atoms with E-state index in [0.717, 1.165) is 23.2 Å². The maximum atomic E-state index is 12.7. The van der Waals surface area contributed by atoms with Crippen LogP contribution in [0.25, 0.3) is 0 Å². The Hall–Kier alpha value is -2.34. The van der Waals surface area contributed by atoms with Crippen molar-refractivity contribution < 1.29 is 13.2 Å². The summed E-state index contributed by atoms with van der Waals surface area (Å²) in [7, 11) is -3.65. The SMILES string of the molecule is Cc1ccc(S(=O)(=O)Nc2ccc3c(c2)CCN3C(=O)C(C)C)c(C)c1. The molecule has 0 unspecified atom stereocenters. The second-order valence-electron chi connectivity index (χ2n) is 7.11. The van der Waals surface area contributed by atoms with Gasteiger partial charge in [0.15, 0.2) is 0 Å². The molecule has 5 nitrogen and oxygen atoms in total. The standard InChI is InChI=1S/C20H24N2O3S/c1-13(2)20(23)22-10-9-16-12-17(6-7-18(16)22)21-26(24,25)19-8-5-14(3)11-15(19)4/h5-8,11-13,21H,9-10H2,1-4H3. The molecular formula is C20H24N2O3S. The highest BCUT2D eigenvalue weighted by molar-refractivity contribution is 7.92. The molecular weight excluding hydrogens is 348 g/mol. The number of aryl methyl sites for hydroxylation is 2. The Morgan fingerprint density at radius 3 is 2.50 bits per heavy atom. The highest BCUT2D eigenvalue weighted by Gasteiger charge is 2.27. The van der Waals surface area contributed by atoms with E-state index in [1.807, 2.05) is 39.0 Å². The largest absolute Gasteiger partial charge is 0.312 e. The summed E-state index contributed by atoms with van der Waals surface area (Å²) in [6, 6.07) is 10.6. The van der Waals surface area contributed by atoms with Crippen molar-refractivity contribution in [3.63, 3.8) is 0 Å². The number of carbonyl (C=O) groups is 1. The van der Waals surface area contributed by atoms with Crippen molar-refractivity contribution in [1.29, 1.82) is 0 Å². The van der Waals surface area contributed by atoms with E-state index in [-0.39, 0.29) is 16.7 Å². The minimum Gasteiger partial charge on any atom is -0.312 e. The van der Waals surface area contributed by atoms with Gasteiger partial charge in [-0.1, -0.05) is 31.5 Å². The molecule has 0 spiro atoms. The van der Waals surface area contributed by atoms with Crippen LogP contribution in [-0.2, 0) is 21.2 Å². The van der Waals surface area contributed by atoms with E-state index in [4.69, 9.17) is 0 Å². The fourth-order valence-electron chi connectivity index (χ4n) is 3.32. The van der Waals surface area contributed by atoms with Crippen LogP contribution in [0.5, 0.6) is 0 Å². The highest BCUT2D eigenvalue weighted by atomic mass is 32.2. The third kappa shape index (κ3) is 3.46. The molecule has 2 aromatic carbocycles. The van der Waals surface area contributed by atoms with Crippen molar-refractivity contribution in [2.75, 3.05) is 16.2 Å². The van der Waals surface area contributed by atoms with Crippen LogP contribution in [0.3, 0.4) is 0 Å². The van der Waals surface area contributed by atoms with Gasteiger partial charge < -0.3 is 4.90 Å². The van der Waals surface area contributed by atoms with Gasteiger partial charge in [0.1, 0.15) is 0 Å². The summed E-state index contributed by atoms with van der Waals surface area (Å²) in [5.74, 6) is 0.0241. The molecule has 0 saturated carbocycles. The quantitative estimate of drug-likeness (QED) is 0.891. The minimum atomic E-state index is -3.65. The van der Waals surface area contributed by atoms with Gasteiger partial charge in [-0.05, 0) is 55.7 Å². The Morgan fingerprint density at radius 1 is 1.12 bits per heavy atom. The lowest BCUT2D eigenvalue weighted by Gasteiger charge is -2.20. The molecule has 0 aromatic heterocycles. The zero-order valence-electron chi connectivity index (χ0n) is 15.5. The zero-order chi connectivity index (χ0) is 19.1. The first-order valence-electron chi connectivity index (χ1n) is 8.73. The van der Waals surface area contributed by atoms with E-state index in [1.165, 1.54) is 0 Å². The number of nitrogens with one attached hydrogen (secondary N) is 1. The molecule has 0 saturated heterocycles. The van der Waals surface area contributed by atoms with E-state index in [1.54, 1.807) is 30.0 Å². The molecule has 3 rings (SSSR count).